The van der Waals surface area contributed by atoms with Crippen molar-refractivity contribution < 1.29 is 10.2 Å². The maximum atomic E-state index is 7.93. The molecule has 7 heavy (non-hydrogen) atoms. The SMILES string of the molecule is CC#CC(O)O.[Si]. The van der Waals surface area contributed by atoms with Crippen molar-refractivity contribution in [3.63, 3.8) is 0 Å². The molecule has 0 rings (SSSR count). The maximum Gasteiger partial charge on any atom is 0.217 e. The zero-order chi connectivity index (χ0) is 4.99. The second kappa shape index (κ2) is 5.70. The van der Waals surface area contributed by atoms with Crippen LogP contribution in [0.25, 0.3) is 0 Å². The zero-order valence-corrected chi connectivity index (χ0v) is 4.97. The molecule has 0 saturated heterocycles. The number of hydrogen-bond acceptors (Lipinski definition) is 2. The van der Waals surface area contributed by atoms with Gasteiger partial charge in [0.15, 0.2) is 0 Å². The van der Waals surface area contributed by atoms with E-state index in [1.165, 1.54) is 0 Å². The molecule has 0 heterocycles. The van der Waals surface area contributed by atoms with Crippen molar-refractivity contribution in [2.75, 3.05) is 0 Å². The highest BCUT2D eigenvalue weighted by Gasteiger charge is 1.79. The third-order valence-electron chi connectivity index (χ3n) is 0.273. The van der Waals surface area contributed by atoms with E-state index < -0.39 is 6.29 Å². The predicted octanol–water partition coefficient (Wildman–Crippen LogP) is -1.06. The number of aliphatic hydroxyl groups excluding tert-OH is 1. The quantitative estimate of drug-likeness (QED) is 0.239. The third-order valence-corrected chi connectivity index (χ3v) is 0.273. The Morgan fingerprint density at radius 2 is 1.86 bits per heavy atom. The lowest BCUT2D eigenvalue weighted by Gasteiger charge is -1.82. The molecule has 0 saturated carbocycles. The fourth-order valence-corrected chi connectivity index (χ4v) is 0.129. The summed E-state index contributed by atoms with van der Waals surface area (Å²) < 4.78 is 0. The molecule has 2 N–H and O–H groups in total. The largest absolute Gasteiger partial charge is 0.358 e. The van der Waals surface area contributed by atoms with E-state index in [4.69, 9.17) is 10.2 Å². The molecule has 0 amide bonds. The van der Waals surface area contributed by atoms with Crippen molar-refractivity contribution in [3.8, 4) is 11.8 Å². The van der Waals surface area contributed by atoms with E-state index in [9.17, 15) is 0 Å². The van der Waals surface area contributed by atoms with E-state index >= 15 is 0 Å². The van der Waals surface area contributed by atoms with Gasteiger partial charge in [0.05, 0.1) is 0 Å². The van der Waals surface area contributed by atoms with E-state index in [0.29, 0.717) is 0 Å². The molecule has 0 aliphatic heterocycles. The first-order chi connectivity index (χ1) is 2.77. The first kappa shape index (κ1) is 9.85. The summed E-state index contributed by atoms with van der Waals surface area (Å²) in [7, 11) is 0. The average Bonchev–Trinajstić information content (AvgIpc) is 1.35. The summed E-state index contributed by atoms with van der Waals surface area (Å²) in [5.74, 6) is 4.39. The molecule has 0 bridgehead atoms. The topological polar surface area (TPSA) is 40.5 Å². The lowest BCUT2D eigenvalue weighted by atomic mass is 10.6. The van der Waals surface area contributed by atoms with Gasteiger partial charge in [-0.3, -0.25) is 0 Å². The van der Waals surface area contributed by atoms with Crippen LogP contribution in [-0.4, -0.2) is 27.5 Å². The van der Waals surface area contributed by atoms with Crippen LogP contribution in [0.3, 0.4) is 0 Å². The van der Waals surface area contributed by atoms with Gasteiger partial charge >= 0.3 is 0 Å². The van der Waals surface area contributed by atoms with Gasteiger partial charge in [-0.25, -0.2) is 0 Å². The van der Waals surface area contributed by atoms with Gasteiger partial charge in [0, 0.05) is 11.0 Å². The lowest BCUT2D eigenvalue weighted by Crippen LogP contribution is -1.97. The van der Waals surface area contributed by atoms with Crippen molar-refractivity contribution in [2.24, 2.45) is 0 Å². The van der Waals surface area contributed by atoms with Crippen LogP contribution >= 0.6 is 0 Å². The summed E-state index contributed by atoms with van der Waals surface area (Å²) in [6.45, 7) is 1.54. The number of aliphatic hydroxyl groups is 2. The smallest absolute Gasteiger partial charge is 0.217 e. The summed E-state index contributed by atoms with van der Waals surface area (Å²) in [4.78, 5) is 0. The third kappa shape index (κ3) is 10.7. The molecule has 0 aromatic rings. The molecule has 0 aromatic heterocycles. The molecular weight excluding hydrogens is 108 g/mol. The minimum absolute atomic E-state index is 0. The van der Waals surface area contributed by atoms with Gasteiger partial charge in [0.25, 0.3) is 0 Å². The van der Waals surface area contributed by atoms with E-state index in [2.05, 4.69) is 11.8 Å². The minimum atomic E-state index is -1.46. The van der Waals surface area contributed by atoms with Crippen LogP contribution in [0, 0.1) is 11.8 Å². The summed E-state index contributed by atoms with van der Waals surface area (Å²) in [5.41, 5.74) is 0. The Morgan fingerprint density at radius 3 is 1.86 bits per heavy atom. The first-order valence-corrected chi connectivity index (χ1v) is 1.56. The molecule has 38 valence electrons. The Morgan fingerprint density at radius 1 is 1.43 bits per heavy atom. The molecule has 0 aliphatic carbocycles. The van der Waals surface area contributed by atoms with E-state index in [1.54, 1.807) is 6.92 Å². The van der Waals surface area contributed by atoms with E-state index in [1.807, 2.05) is 0 Å². The highest BCUT2D eigenvalue weighted by atomic mass is 28.1. The minimum Gasteiger partial charge on any atom is -0.358 e. The van der Waals surface area contributed by atoms with E-state index in [0.717, 1.165) is 0 Å². The van der Waals surface area contributed by atoms with Crippen LogP contribution in [0.1, 0.15) is 6.92 Å². The second-order valence-corrected chi connectivity index (χ2v) is 0.768. The van der Waals surface area contributed by atoms with Crippen molar-refractivity contribution in [2.45, 2.75) is 13.2 Å². The van der Waals surface area contributed by atoms with Crippen LogP contribution in [0.4, 0.5) is 0 Å². The molecule has 0 fully saturated rings. The van der Waals surface area contributed by atoms with Gasteiger partial charge in [-0.15, -0.1) is 5.92 Å². The molecule has 0 spiro atoms. The molecule has 0 aromatic carbocycles. The number of hydrogen-bond donors (Lipinski definition) is 2. The number of rotatable bonds is 0. The Labute approximate surface area is 47.2 Å². The summed E-state index contributed by atoms with van der Waals surface area (Å²) in [6.07, 6.45) is -1.46. The Bertz CT molecular complexity index is 79.4. The van der Waals surface area contributed by atoms with Crippen LogP contribution < -0.4 is 0 Å². The monoisotopic (exact) mass is 114 g/mol. The molecule has 0 aliphatic rings. The van der Waals surface area contributed by atoms with Crippen LogP contribution in [0.5, 0.6) is 0 Å². The highest BCUT2D eigenvalue weighted by molar-refractivity contribution is 5.75. The lowest BCUT2D eigenvalue weighted by molar-refractivity contribution is 0.0108. The summed E-state index contributed by atoms with van der Waals surface area (Å²) in [5, 5.41) is 15.9. The van der Waals surface area contributed by atoms with Crippen LogP contribution in [0.15, 0.2) is 0 Å². The van der Waals surface area contributed by atoms with Crippen molar-refractivity contribution in [1.29, 1.82) is 0 Å². The Balaban J connectivity index is 0. The summed E-state index contributed by atoms with van der Waals surface area (Å²) in [6, 6.07) is 0. The molecule has 4 radical (unpaired) electrons. The fourth-order valence-electron chi connectivity index (χ4n) is 0.129. The fraction of sp³-hybridized carbons (Fsp3) is 0.500. The van der Waals surface area contributed by atoms with Crippen molar-refractivity contribution in [1.82, 2.24) is 0 Å². The maximum absolute atomic E-state index is 7.93. The second-order valence-electron chi connectivity index (χ2n) is 0.768. The molecule has 0 atom stereocenters. The predicted molar refractivity (Wildman–Crippen MR) is 27.4 cm³/mol. The summed E-state index contributed by atoms with van der Waals surface area (Å²) >= 11 is 0. The molecule has 2 nitrogen and oxygen atoms in total. The van der Waals surface area contributed by atoms with Gasteiger partial charge in [0.2, 0.25) is 6.29 Å². The van der Waals surface area contributed by atoms with Crippen molar-refractivity contribution >= 4 is 11.0 Å². The first-order valence-electron chi connectivity index (χ1n) is 1.56. The van der Waals surface area contributed by atoms with Gasteiger partial charge in [-0.2, -0.15) is 0 Å². The standard InChI is InChI=1S/C4H6O2.Si/c1-2-3-4(5)6;/h4-6H,1H3;. The Hall–Kier alpha value is -0.303. The van der Waals surface area contributed by atoms with Crippen LogP contribution in [0.2, 0.25) is 0 Å². The Kier molecular flexibility index (Phi) is 8.02. The van der Waals surface area contributed by atoms with Gasteiger partial charge in [-0.05, 0) is 12.8 Å². The van der Waals surface area contributed by atoms with Gasteiger partial charge < -0.3 is 10.2 Å². The van der Waals surface area contributed by atoms with E-state index in [-0.39, 0.29) is 11.0 Å². The van der Waals surface area contributed by atoms with Crippen LogP contribution in [-0.2, 0) is 0 Å². The van der Waals surface area contributed by atoms with Crippen molar-refractivity contribution in [3.05, 3.63) is 0 Å². The molecular formula is C4H6O2Si. The zero-order valence-electron chi connectivity index (χ0n) is 3.97. The van der Waals surface area contributed by atoms with Gasteiger partial charge in [-0.1, -0.05) is 0 Å². The normalized spacial score (nSPS) is 6.29. The average molecular weight is 114 g/mol. The molecule has 0 unspecified atom stereocenters. The molecule has 3 heteroatoms. The van der Waals surface area contributed by atoms with Gasteiger partial charge in [0.1, 0.15) is 0 Å². The highest BCUT2D eigenvalue weighted by Crippen LogP contribution is 1.63.